The van der Waals surface area contributed by atoms with Gasteiger partial charge in [0.25, 0.3) is 0 Å². The van der Waals surface area contributed by atoms with E-state index in [1.165, 1.54) is 45.1 Å². The van der Waals surface area contributed by atoms with E-state index in [2.05, 4.69) is 193 Å². The molecule has 250 valence electrons. The molecule has 4 heteroatoms. The van der Waals surface area contributed by atoms with E-state index in [9.17, 15) is 0 Å². The Morgan fingerprint density at radius 2 is 0.840 bits per heavy atom. The number of para-hydroxylation sites is 4. The zero-order valence-electron chi connectivity index (χ0n) is 29.7. The van der Waals surface area contributed by atoms with Crippen molar-refractivity contribution in [1.29, 1.82) is 0 Å². The molecule has 0 radical (unpaired) electrons. The third-order valence-corrected chi connectivity index (χ3v) is 10.6. The van der Waals surface area contributed by atoms with Crippen LogP contribution in [0.25, 0.3) is 0 Å². The Bertz CT molecular complexity index is 1940. The summed E-state index contributed by atoms with van der Waals surface area (Å²) < 4.78 is 4.95. The van der Waals surface area contributed by atoms with E-state index in [0.29, 0.717) is 0 Å². The van der Waals surface area contributed by atoms with Gasteiger partial charge in [0.1, 0.15) is 13.1 Å². The number of nitrogens with one attached hydrogen (secondary N) is 2. The van der Waals surface area contributed by atoms with Gasteiger partial charge in [0.2, 0.25) is 11.4 Å². The highest BCUT2D eigenvalue weighted by atomic mass is 15.1. The fourth-order valence-corrected chi connectivity index (χ4v) is 8.18. The van der Waals surface area contributed by atoms with E-state index in [4.69, 9.17) is 0 Å². The van der Waals surface area contributed by atoms with E-state index in [1.807, 2.05) is 12.1 Å². The molecule has 0 bridgehead atoms. The summed E-state index contributed by atoms with van der Waals surface area (Å²) in [6.45, 7) is 11.1. The molecule has 5 aromatic carbocycles. The molecule has 5 aromatic rings. The van der Waals surface area contributed by atoms with Crippen LogP contribution in [0.2, 0.25) is 0 Å². The monoisotopic (exact) mass is 656 g/mol. The number of rotatable bonds is 12. The fraction of sp³-hybridized carbons (Fsp3) is 0.217. The van der Waals surface area contributed by atoms with Crippen molar-refractivity contribution in [2.24, 2.45) is 0 Å². The van der Waals surface area contributed by atoms with Crippen molar-refractivity contribution in [3.05, 3.63) is 180 Å². The van der Waals surface area contributed by atoms with Gasteiger partial charge in [-0.05, 0) is 75.9 Å². The summed E-state index contributed by atoms with van der Waals surface area (Å²) in [6.07, 6.45) is 10.6. The molecular formula is C46H48N4+2. The number of hydrogen-bond acceptors (Lipinski definition) is 2. The molecule has 0 amide bonds. The zero-order chi connectivity index (χ0) is 34.6. The molecule has 2 atom stereocenters. The van der Waals surface area contributed by atoms with Crippen molar-refractivity contribution in [3.8, 4) is 0 Å². The summed E-state index contributed by atoms with van der Waals surface area (Å²) in [4.78, 5) is 0. The molecule has 0 aromatic heterocycles. The molecule has 2 heterocycles. The molecule has 0 saturated carbocycles. The third kappa shape index (κ3) is 6.22. The van der Waals surface area contributed by atoms with E-state index in [1.54, 1.807) is 0 Å². The number of allylic oxidation sites excluding steroid dienone is 2. The van der Waals surface area contributed by atoms with Gasteiger partial charge >= 0.3 is 0 Å². The van der Waals surface area contributed by atoms with E-state index < -0.39 is 0 Å². The van der Waals surface area contributed by atoms with Crippen LogP contribution in [0.15, 0.2) is 158 Å². The smallest absolute Gasteiger partial charge is 0.209 e. The third-order valence-electron chi connectivity index (χ3n) is 10.6. The van der Waals surface area contributed by atoms with Crippen molar-refractivity contribution in [2.45, 2.75) is 51.4 Å². The zero-order valence-corrected chi connectivity index (χ0v) is 29.7. The average Bonchev–Trinajstić information content (AvgIpc) is 3.53. The van der Waals surface area contributed by atoms with E-state index in [-0.39, 0.29) is 10.8 Å². The lowest BCUT2D eigenvalue weighted by atomic mass is 9.73. The highest BCUT2D eigenvalue weighted by molar-refractivity contribution is 6.04. The molecule has 0 fully saturated rings. The minimum absolute atomic E-state index is 0.168. The molecule has 7 rings (SSSR count). The lowest BCUT2D eigenvalue weighted by molar-refractivity contribution is -0.433. The quantitative estimate of drug-likeness (QED) is 0.131. The summed E-state index contributed by atoms with van der Waals surface area (Å²) in [6, 6.07) is 48.0. The first-order valence-electron chi connectivity index (χ1n) is 18.0. The molecule has 2 unspecified atom stereocenters. The van der Waals surface area contributed by atoms with Crippen LogP contribution in [0.1, 0.15) is 49.9 Å². The van der Waals surface area contributed by atoms with Crippen LogP contribution < -0.4 is 10.6 Å². The van der Waals surface area contributed by atoms with E-state index in [0.717, 1.165) is 37.3 Å². The first-order valence-corrected chi connectivity index (χ1v) is 18.0. The van der Waals surface area contributed by atoms with Crippen molar-refractivity contribution in [2.75, 3.05) is 23.7 Å². The second-order valence-corrected chi connectivity index (χ2v) is 13.8. The predicted molar refractivity (Wildman–Crippen MR) is 211 cm³/mol. The summed E-state index contributed by atoms with van der Waals surface area (Å²) in [5, 5.41) is 6.97. The number of fused-ring (bicyclic) bond motifs is 2. The molecule has 2 aliphatic rings. The molecule has 0 aliphatic carbocycles. The highest BCUT2D eigenvalue weighted by Gasteiger charge is 2.48. The van der Waals surface area contributed by atoms with Crippen LogP contribution in [0, 0.1) is 0 Å². The number of nitrogens with zero attached hydrogens (tertiary/aromatic N) is 2. The van der Waals surface area contributed by atoms with Gasteiger partial charge in [0.05, 0.1) is 10.8 Å². The minimum atomic E-state index is -0.168. The van der Waals surface area contributed by atoms with Crippen LogP contribution in [0.3, 0.4) is 0 Å². The maximum absolute atomic E-state index is 3.49. The second-order valence-electron chi connectivity index (χ2n) is 13.8. The minimum Gasteiger partial charge on any atom is -0.361 e. The molecule has 50 heavy (non-hydrogen) atoms. The summed E-state index contributed by atoms with van der Waals surface area (Å²) in [5.74, 6) is 0. The maximum atomic E-state index is 3.49. The topological polar surface area (TPSA) is 30.1 Å². The van der Waals surface area contributed by atoms with Gasteiger partial charge in [-0.3, -0.25) is 0 Å². The van der Waals surface area contributed by atoms with Crippen LogP contribution >= 0.6 is 0 Å². The molecule has 2 aliphatic heterocycles. The van der Waals surface area contributed by atoms with Gasteiger partial charge in [0.15, 0.2) is 11.4 Å². The summed E-state index contributed by atoms with van der Waals surface area (Å²) in [5.41, 5.74) is 12.5. The van der Waals surface area contributed by atoms with Crippen LogP contribution in [-0.4, -0.2) is 33.7 Å². The van der Waals surface area contributed by atoms with E-state index >= 15 is 0 Å². The molecule has 2 N–H and O–H groups in total. The van der Waals surface area contributed by atoms with Crippen molar-refractivity contribution in [3.63, 3.8) is 0 Å². The largest absolute Gasteiger partial charge is 0.361 e. The number of anilines is 2. The van der Waals surface area contributed by atoms with Gasteiger partial charge in [-0.2, -0.15) is 9.15 Å². The number of hydrogen-bond donors (Lipinski definition) is 2. The van der Waals surface area contributed by atoms with Crippen LogP contribution in [-0.2, 0) is 23.7 Å². The second kappa shape index (κ2) is 14.2. The Balaban J connectivity index is 1.16. The summed E-state index contributed by atoms with van der Waals surface area (Å²) in [7, 11) is 0. The standard InChI is InChI=1S/C46H46N4/c1-5-49-41-23-15-13-21-39(41)45(3,43(49)29-31-47-37-17-9-7-10-18-37)33-35-25-27-36(28-26-35)34-46(4)40-22-14-16-24-42(40)50(6-2)44(46)30-32-48-38-19-11-8-12-20-38/h7-32H,5-6,33-34H2,1-4H3/p+2. The molecular weight excluding hydrogens is 609 g/mol. The van der Waals surface area contributed by atoms with Crippen molar-refractivity contribution >= 4 is 34.2 Å². The lowest BCUT2D eigenvalue weighted by Gasteiger charge is -2.24. The highest BCUT2D eigenvalue weighted by Crippen LogP contribution is 2.44. The Morgan fingerprint density at radius 1 is 0.480 bits per heavy atom. The van der Waals surface area contributed by atoms with Gasteiger partial charge in [0, 0.05) is 59.2 Å². The lowest BCUT2D eigenvalue weighted by Crippen LogP contribution is -2.34. The molecule has 4 nitrogen and oxygen atoms in total. The van der Waals surface area contributed by atoms with Gasteiger partial charge in [-0.15, -0.1) is 0 Å². The SMILES string of the molecule is CC[N+]1=C(C=CNc2ccccc2)C(C)(Cc2ccc(CC3(C)C(C=CNc4ccccc4)=[N+](CC)c4ccccc43)cc2)c2ccccc21. The molecule has 0 saturated heterocycles. The van der Waals surface area contributed by atoms with Crippen LogP contribution in [0.5, 0.6) is 0 Å². The predicted octanol–water partition coefficient (Wildman–Crippen LogP) is 10.2. The first kappa shape index (κ1) is 33.0. The Kier molecular flexibility index (Phi) is 9.36. The average molecular weight is 657 g/mol. The Morgan fingerprint density at radius 3 is 1.22 bits per heavy atom. The molecule has 0 spiro atoms. The number of benzene rings is 5. The maximum Gasteiger partial charge on any atom is 0.209 e. The van der Waals surface area contributed by atoms with Gasteiger partial charge in [-0.1, -0.05) is 97.1 Å². The first-order chi connectivity index (χ1) is 24.4. The Hall–Kier alpha value is -5.48. The van der Waals surface area contributed by atoms with Gasteiger partial charge < -0.3 is 10.6 Å². The Labute approximate surface area is 297 Å². The van der Waals surface area contributed by atoms with Crippen molar-refractivity contribution in [1.82, 2.24) is 0 Å². The van der Waals surface area contributed by atoms with Crippen molar-refractivity contribution < 1.29 is 9.15 Å². The van der Waals surface area contributed by atoms with Crippen LogP contribution in [0.4, 0.5) is 22.7 Å². The normalized spacial score (nSPS) is 19.8. The van der Waals surface area contributed by atoms with Gasteiger partial charge in [-0.25, -0.2) is 0 Å². The summed E-state index contributed by atoms with van der Waals surface area (Å²) >= 11 is 0. The fourth-order valence-electron chi connectivity index (χ4n) is 8.18.